The van der Waals surface area contributed by atoms with Crippen LogP contribution in [0.2, 0.25) is 0 Å². The van der Waals surface area contributed by atoms with Gasteiger partial charge in [0.2, 0.25) is 0 Å². The molecule has 2 aromatic rings. The van der Waals surface area contributed by atoms with Crippen molar-refractivity contribution in [1.82, 2.24) is 9.88 Å². The number of para-hydroxylation sites is 1. The van der Waals surface area contributed by atoms with Crippen molar-refractivity contribution < 1.29 is 0 Å². The van der Waals surface area contributed by atoms with Gasteiger partial charge in [-0.3, -0.25) is 4.98 Å². The molecule has 0 fully saturated rings. The maximum absolute atomic E-state index is 4.51. The van der Waals surface area contributed by atoms with Crippen LogP contribution in [0.15, 0.2) is 30.3 Å². The monoisotopic (exact) mass is 199 g/mol. The molecule has 0 spiro atoms. The topological polar surface area (TPSA) is 16.1 Å². The molecule has 1 heterocycles. The molecule has 0 aliphatic rings. The minimum atomic E-state index is 1.06. The average Bonchev–Trinajstić information content (AvgIpc) is 2.16. The summed E-state index contributed by atoms with van der Waals surface area (Å²) in [6.45, 7) is 4.15. The van der Waals surface area contributed by atoms with Crippen molar-refractivity contribution in [2.24, 2.45) is 0 Å². The van der Waals surface area contributed by atoms with Gasteiger partial charge in [-0.25, -0.2) is 0 Å². The molecular formula is C13H15N2. The van der Waals surface area contributed by atoms with Crippen LogP contribution in [0.25, 0.3) is 10.9 Å². The summed E-state index contributed by atoms with van der Waals surface area (Å²) in [5, 5.41) is 1.21. The van der Waals surface area contributed by atoms with Crippen LogP contribution < -0.4 is 0 Å². The van der Waals surface area contributed by atoms with E-state index in [1.54, 1.807) is 0 Å². The number of aryl methyl sites for hydroxylation is 1. The largest absolute Gasteiger partial charge is 0.301 e. The first-order valence-corrected chi connectivity index (χ1v) is 5.04. The van der Waals surface area contributed by atoms with Gasteiger partial charge in [0, 0.05) is 11.1 Å². The van der Waals surface area contributed by atoms with E-state index < -0.39 is 0 Å². The number of pyridine rings is 1. The molecule has 15 heavy (non-hydrogen) atoms. The van der Waals surface area contributed by atoms with Crippen LogP contribution in [0.1, 0.15) is 11.3 Å². The van der Waals surface area contributed by atoms with E-state index in [9.17, 15) is 0 Å². The second-order valence-corrected chi connectivity index (χ2v) is 3.96. The van der Waals surface area contributed by atoms with Gasteiger partial charge in [0.25, 0.3) is 0 Å². The number of hydrogen-bond donors (Lipinski definition) is 0. The smallest absolute Gasteiger partial charge is 0.0708 e. The van der Waals surface area contributed by atoms with Gasteiger partial charge in [-0.05, 0) is 38.7 Å². The maximum atomic E-state index is 4.51. The molecule has 77 valence electrons. The van der Waals surface area contributed by atoms with E-state index in [0.717, 1.165) is 11.2 Å². The van der Waals surface area contributed by atoms with Crippen LogP contribution in [-0.4, -0.2) is 24.0 Å². The fraction of sp³-hybridized carbons (Fsp3) is 0.231. The van der Waals surface area contributed by atoms with Gasteiger partial charge in [-0.2, -0.15) is 0 Å². The van der Waals surface area contributed by atoms with Gasteiger partial charge in [0.05, 0.1) is 12.1 Å². The molecular weight excluding hydrogens is 184 g/mol. The fourth-order valence-electron chi connectivity index (χ4n) is 1.73. The minimum absolute atomic E-state index is 1.06. The predicted octanol–water partition coefficient (Wildman–Crippen LogP) is 2.61. The molecule has 1 aromatic heterocycles. The van der Waals surface area contributed by atoms with E-state index in [4.69, 9.17) is 0 Å². The highest BCUT2D eigenvalue weighted by Gasteiger charge is 2.04. The highest BCUT2D eigenvalue weighted by Crippen LogP contribution is 2.19. The van der Waals surface area contributed by atoms with Crippen molar-refractivity contribution in [3.05, 3.63) is 48.1 Å². The Kier molecular flexibility index (Phi) is 2.69. The third kappa shape index (κ3) is 2.16. The molecule has 1 aromatic carbocycles. The minimum Gasteiger partial charge on any atom is -0.301 e. The summed E-state index contributed by atoms with van der Waals surface area (Å²) in [6, 6.07) is 10.3. The lowest BCUT2D eigenvalue weighted by Gasteiger charge is -2.12. The quantitative estimate of drug-likeness (QED) is 0.739. The molecule has 0 amide bonds. The van der Waals surface area contributed by atoms with E-state index >= 15 is 0 Å². The zero-order valence-corrected chi connectivity index (χ0v) is 9.36. The normalized spacial score (nSPS) is 11.2. The van der Waals surface area contributed by atoms with E-state index in [2.05, 4.69) is 34.6 Å². The van der Waals surface area contributed by atoms with Crippen LogP contribution in [0.3, 0.4) is 0 Å². The lowest BCUT2D eigenvalue weighted by molar-refractivity contribution is 0.517. The van der Waals surface area contributed by atoms with Crippen LogP contribution in [0.4, 0.5) is 0 Å². The molecule has 2 heteroatoms. The van der Waals surface area contributed by atoms with Gasteiger partial charge in [-0.1, -0.05) is 18.2 Å². The summed E-state index contributed by atoms with van der Waals surface area (Å²) in [6.07, 6.45) is 0. The van der Waals surface area contributed by atoms with E-state index in [-0.39, 0.29) is 0 Å². The zero-order chi connectivity index (χ0) is 10.8. The Morgan fingerprint density at radius 2 is 1.93 bits per heavy atom. The maximum Gasteiger partial charge on any atom is 0.0708 e. The number of aromatic nitrogens is 1. The molecule has 0 unspecified atom stereocenters. The van der Waals surface area contributed by atoms with Crippen molar-refractivity contribution in [1.29, 1.82) is 0 Å². The second-order valence-electron chi connectivity index (χ2n) is 3.96. The Labute approximate surface area is 90.6 Å². The van der Waals surface area contributed by atoms with Gasteiger partial charge >= 0.3 is 0 Å². The SMILES string of the molecule is Cc1cc([CH]N(C)C)c2ccccc2n1. The Morgan fingerprint density at radius 1 is 1.20 bits per heavy atom. The van der Waals surface area contributed by atoms with E-state index in [1.165, 1.54) is 10.9 Å². The molecule has 2 nitrogen and oxygen atoms in total. The molecule has 0 saturated carbocycles. The Hall–Kier alpha value is -1.41. The standard InChI is InChI=1S/C13H15N2/c1-10-8-11(9-15(2)3)12-6-4-5-7-13(12)14-10/h4-9H,1-3H3. The molecule has 0 bridgehead atoms. The van der Waals surface area contributed by atoms with Crippen LogP contribution in [-0.2, 0) is 0 Å². The summed E-state index contributed by atoms with van der Waals surface area (Å²) >= 11 is 0. The number of benzene rings is 1. The average molecular weight is 199 g/mol. The molecule has 0 N–H and O–H groups in total. The zero-order valence-electron chi connectivity index (χ0n) is 9.36. The number of rotatable bonds is 2. The Balaban J connectivity index is 2.60. The molecule has 2 rings (SSSR count). The Morgan fingerprint density at radius 3 is 2.67 bits per heavy atom. The second kappa shape index (κ2) is 3.99. The van der Waals surface area contributed by atoms with Crippen molar-refractivity contribution in [2.45, 2.75) is 6.92 Å². The summed E-state index contributed by atoms with van der Waals surface area (Å²) in [5.41, 5.74) is 3.34. The fourth-order valence-corrected chi connectivity index (χ4v) is 1.73. The van der Waals surface area contributed by atoms with Crippen molar-refractivity contribution in [3.63, 3.8) is 0 Å². The van der Waals surface area contributed by atoms with Crippen LogP contribution in [0, 0.1) is 13.5 Å². The summed E-state index contributed by atoms with van der Waals surface area (Å²) in [4.78, 5) is 6.56. The third-order valence-corrected chi connectivity index (χ3v) is 2.27. The summed E-state index contributed by atoms with van der Waals surface area (Å²) in [7, 11) is 4.06. The summed E-state index contributed by atoms with van der Waals surface area (Å²) in [5.74, 6) is 0. The van der Waals surface area contributed by atoms with Gasteiger partial charge in [0.1, 0.15) is 0 Å². The van der Waals surface area contributed by atoms with E-state index in [0.29, 0.717) is 0 Å². The first kappa shape index (κ1) is 10.1. The van der Waals surface area contributed by atoms with Crippen molar-refractivity contribution in [2.75, 3.05) is 14.1 Å². The van der Waals surface area contributed by atoms with Gasteiger partial charge in [0.15, 0.2) is 0 Å². The number of fused-ring (bicyclic) bond motifs is 1. The Bertz CT molecular complexity index is 475. The van der Waals surface area contributed by atoms with Crippen molar-refractivity contribution in [3.8, 4) is 0 Å². The first-order valence-electron chi connectivity index (χ1n) is 5.04. The van der Waals surface area contributed by atoms with Gasteiger partial charge in [-0.15, -0.1) is 0 Å². The van der Waals surface area contributed by atoms with Crippen LogP contribution >= 0.6 is 0 Å². The van der Waals surface area contributed by atoms with E-state index in [1.807, 2.05) is 33.2 Å². The number of nitrogens with zero attached hydrogens (tertiary/aromatic N) is 2. The van der Waals surface area contributed by atoms with Crippen molar-refractivity contribution >= 4 is 10.9 Å². The highest BCUT2D eigenvalue weighted by atomic mass is 15.0. The number of hydrogen-bond acceptors (Lipinski definition) is 2. The molecule has 1 radical (unpaired) electrons. The van der Waals surface area contributed by atoms with Gasteiger partial charge < -0.3 is 4.90 Å². The van der Waals surface area contributed by atoms with Crippen LogP contribution in [0.5, 0.6) is 0 Å². The molecule has 0 aliphatic carbocycles. The third-order valence-electron chi connectivity index (χ3n) is 2.27. The predicted molar refractivity (Wildman–Crippen MR) is 63.6 cm³/mol. The molecule has 0 atom stereocenters. The lowest BCUT2D eigenvalue weighted by Crippen LogP contribution is -2.08. The molecule has 0 saturated heterocycles. The lowest BCUT2D eigenvalue weighted by atomic mass is 10.1. The first-order chi connectivity index (χ1) is 7.16. The highest BCUT2D eigenvalue weighted by molar-refractivity contribution is 5.83. The summed E-state index contributed by atoms with van der Waals surface area (Å²) < 4.78 is 0. The molecule has 0 aliphatic heterocycles.